The summed E-state index contributed by atoms with van der Waals surface area (Å²) in [6.07, 6.45) is 2.79. The standard InChI is InChI=1S/C24H26F2N6O2/c1-27-24(34)19-6-7-20(21(26)28-19)32-10-8-31(9-11-32)16-4-2-14(12-16)22-29-18-5-3-15(25)13-17(18)23(33)30-22/h3,5-7,13-14,16H,2,4,8-12H2,1H3,(H,27,34)(H,29,30,33). The molecule has 2 atom stereocenters. The average Bonchev–Trinajstić information content (AvgIpc) is 3.34. The van der Waals surface area contributed by atoms with Gasteiger partial charge in [0.2, 0.25) is 5.95 Å². The molecule has 2 N–H and O–H groups in total. The van der Waals surface area contributed by atoms with Gasteiger partial charge in [-0.05, 0) is 49.6 Å². The number of hydrogen-bond donors (Lipinski definition) is 2. The van der Waals surface area contributed by atoms with Crippen LogP contribution < -0.4 is 15.8 Å². The lowest BCUT2D eigenvalue weighted by Crippen LogP contribution is -2.50. The molecular weight excluding hydrogens is 442 g/mol. The van der Waals surface area contributed by atoms with Crippen LogP contribution in [0, 0.1) is 11.8 Å². The van der Waals surface area contributed by atoms with Crippen LogP contribution in [0.1, 0.15) is 41.5 Å². The Kier molecular flexibility index (Phi) is 5.99. The van der Waals surface area contributed by atoms with Gasteiger partial charge in [-0.2, -0.15) is 4.39 Å². The second kappa shape index (κ2) is 9.09. The van der Waals surface area contributed by atoms with Crippen LogP contribution in [-0.2, 0) is 0 Å². The number of carbonyl (C=O) groups is 1. The highest BCUT2D eigenvalue weighted by molar-refractivity contribution is 5.92. The van der Waals surface area contributed by atoms with Gasteiger partial charge >= 0.3 is 0 Å². The van der Waals surface area contributed by atoms with E-state index in [1.807, 2.05) is 4.90 Å². The molecule has 1 amide bonds. The van der Waals surface area contributed by atoms with Crippen molar-refractivity contribution in [2.75, 3.05) is 38.1 Å². The number of anilines is 1. The first-order valence-electron chi connectivity index (χ1n) is 11.5. The first kappa shape index (κ1) is 22.4. The lowest BCUT2D eigenvalue weighted by molar-refractivity contribution is 0.0957. The van der Waals surface area contributed by atoms with Crippen molar-refractivity contribution >= 4 is 22.5 Å². The fourth-order valence-electron chi connectivity index (χ4n) is 5.11. The molecule has 178 valence electrons. The van der Waals surface area contributed by atoms with Crippen molar-refractivity contribution in [2.24, 2.45) is 0 Å². The van der Waals surface area contributed by atoms with E-state index in [2.05, 4.69) is 25.2 Å². The van der Waals surface area contributed by atoms with E-state index in [1.54, 1.807) is 12.1 Å². The maximum Gasteiger partial charge on any atom is 0.269 e. The number of fused-ring (bicyclic) bond motifs is 1. The molecule has 10 heteroatoms. The predicted molar refractivity (Wildman–Crippen MR) is 124 cm³/mol. The first-order chi connectivity index (χ1) is 16.4. The molecule has 5 rings (SSSR count). The summed E-state index contributed by atoms with van der Waals surface area (Å²) < 4.78 is 28.0. The zero-order chi connectivity index (χ0) is 23.8. The lowest BCUT2D eigenvalue weighted by atomic mass is 10.1. The van der Waals surface area contributed by atoms with Gasteiger partial charge < -0.3 is 15.2 Å². The summed E-state index contributed by atoms with van der Waals surface area (Å²) in [5, 5.41) is 2.71. The van der Waals surface area contributed by atoms with E-state index in [0.29, 0.717) is 36.2 Å². The molecule has 0 spiro atoms. The minimum atomic E-state index is -0.637. The number of piperazine rings is 1. The van der Waals surface area contributed by atoms with Crippen LogP contribution in [0.4, 0.5) is 14.5 Å². The van der Waals surface area contributed by atoms with Gasteiger partial charge in [-0.1, -0.05) is 0 Å². The third-order valence-electron chi connectivity index (χ3n) is 6.94. The Bertz CT molecular complexity index is 1290. The summed E-state index contributed by atoms with van der Waals surface area (Å²) in [7, 11) is 1.48. The highest BCUT2D eigenvalue weighted by atomic mass is 19.1. The summed E-state index contributed by atoms with van der Waals surface area (Å²) >= 11 is 0. The number of nitrogens with one attached hydrogen (secondary N) is 2. The number of aromatic nitrogens is 3. The molecule has 8 nitrogen and oxygen atoms in total. The number of amides is 1. The third kappa shape index (κ3) is 4.25. The molecule has 3 heterocycles. The van der Waals surface area contributed by atoms with E-state index in [4.69, 9.17) is 0 Å². The Morgan fingerprint density at radius 2 is 1.88 bits per heavy atom. The number of aromatic amines is 1. The minimum Gasteiger partial charge on any atom is -0.365 e. The number of H-pyrrole nitrogens is 1. The Hall–Kier alpha value is -3.40. The monoisotopic (exact) mass is 468 g/mol. The predicted octanol–water partition coefficient (Wildman–Crippen LogP) is 2.41. The molecule has 0 radical (unpaired) electrons. The van der Waals surface area contributed by atoms with Gasteiger partial charge in [-0.3, -0.25) is 14.5 Å². The van der Waals surface area contributed by atoms with E-state index in [-0.39, 0.29) is 22.6 Å². The Labute approximate surface area is 195 Å². The molecule has 2 aromatic heterocycles. The number of benzene rings is 1. The fourth-order valence-corrected chi connectivity index (χ4v) is 5.11. The zero-order valence-corrected chi connectivity index (χ0v) is 18.9. The Morgan fingerprint density at radius 3 is 2.62 bits per heavy atom. The van der Waals surface area contributed by atoms with E-state index in [9.17, 15) is 18.4 Å². The number of pyridine rings is 1. The van der Waals surface area contributed by atoms with Crippen molar-refractivity contribution in [1.82, 2.24) is 25.2 Å². The normalized spacial score (nSPS) is 21.2. The number of nitrogens with zero attached hydrogens (tertiary/aromatic N) is 4. The van der Waals surface area contributed by atoms with Gasteiger partial charge in [0, 0.05) is 45.2 Å². The molecule has 1 saturated heterocycles. The van der Waals surface area contributed by atoms with Gasteiger partial charge in [0.15, 0.2) is 0 Å². The highest BCUT2D eigenvalue weighted by Crippen LogP contribution is 2.36. The van der Waals surface area contributed by atoms with Gasteiger partial charge in [0.05, 0.1) is 16.6 Å². The van der Waals surface area contributed by atoms with Crippen molar-refractivity contribution in [3.05, 3.63) is 64.0 Å². The van der Waals surface area contributed by atoms with Gasteiger partial charge in [-0.15, -0.1) is 0 Å². The molecular formula is C24H26F2N6O2. The molecule has 1 aromatic carbocycles. The molecule has 0 bridgehead atoms. The fraction of sp³-hybridized carbons (Fsp3) is 0.417. The summed E-state index contributed by atoms with van der Waals surface area (Å²) in [5.41, 5.74) is 0.667. The van der Waals surface area contributed by atoms with E-state index < -0.39 is 17.7 Å². The molecule has 1 aliphatic carbocycles. The summed E-state index contributed by atoms with van der Waals surface area (Å²) in [6.45, 7) is 2.90. The summed E-state index contributed by atoms with van der Waals surface area (Å²) in [5.74, 6) is -0.702. The highest BCUT2D eigenvalue weighted by Gasteiger charge is 2.33. The largest absolute Gasteiger partial charge is 0.365 e. The zero-order valence-electron chi connectivity index (χ0n) is 18.9. The van der Waals surface area contributed by atoms with E-state index >= 15 is 0 Å². The molecule has 2 aliphatic rings. The van der Waals surface area contributed by atoms with Crippen molar-refractivity contribution in [3.8, 4) is 0 Å². The molecule has 3 aromatic rings. The number of halogens is 2. The SMILES string of the molecule is CNC(=O)c1ccc(N2CCN(C3CCC(c4nc5ccc(F)cc5c(=O)[nH]4)C3)CC2)c(F)n1. The van der Waals surface area contributed by atoms with Crippen LogP contribution >= 0.6 is 0 Å². The molecule has 1 aliphatic heterocycles. The van der Waals surface area contributed by atoms with Crippen LogP contribution in [0.5, 0.6) is 0 Å². The topological polar surface area (TPSA) is 94.2 Å². The van der Waals surface area contributed by atoms with Crippen LogP contribution in [0.25, 0.3) is 10.9 Å². The van der Waals surface area contributed by atoms with Gasteiger partial charge in [0.25, 0.3) is 11.5 Å². The van der Waals surface area contributed by atoms with E-state index in [0.717, 1.165) is 32.4 Å². The molecule has 1 saturated carbocycles. The third-order valence-corrected chi connectivity index (χ3v) is 6.94. The van der Waals surface area contributed by atoms with Gasteiger partial charge in [-0.25, -0.2) is 14.4 Å². The quantitative estimate of drug-likeness (QED) is 0.572. The summed E-state index contributed by atoms with van der Waals surface area (Å²) in [6, 6.07) is 7.59. The van der Waals surface area contributed by atoms with Crippen molar-refractivity contribution in [2.45, 2.75) is 31.2 Å². The average molecular weight is 469 g/mol. The molecule has 2 fully saturated rings. The van der Waals surface area contributed by atoms with Crippen LogP contribution in [0.15, 0.2) is 35.1 Å². The maximum atomic E-state index is 14.5. The van der Waals surface area contributed by atoms with Crippen molar-refractivity contribution in [3.63, 3.8) is 0 Å². The second-order valence-corrected chi connectivity index (χ2v) is 8.89. The lowest BCUT2D eigenvalue weighted by Gasteiger charge is -2.39. The molecule has 34 heavy (non-hydrogen) atoms. The Morgan fingerprint density at radius 1 is 1.09 bits per heavy atom. The van der Waals surface area contributed by atoms with Crippen molar-refractivity contribution in [1.29, 1.82) is 0 Å². The Balaban J connectivity index is 1.22. The summed E-state index contributed by atoms with van der Waals surface area (Å²) in [4.78, 5) is 39.7. The molecule has 2 unspecified atom stereocenters. The smallest absolute Gasteiger partial charge is 0.269 e. The number of hydrogen-bond acceptors (Lipinski definition) is 6. The first-order valence-corrected chi connectivity index (χ1v) is 11.5. The maximum absolute atomic E-state index is 14.5. The van der Waals surface area contributed by atoms with Crippen LogP contribution in [0.2, 0.25) is 0 Å². The second-order valence-electron chi connectivity index (χ2n) is 8.89. The van der Waals surface area contributed by atoms with Crippen LogP contribution in [0.3, 0.4) is 0 Å². The van der Waals surface area contributed by atoms with E-state index in [1.165, 1.54) is 25.2 Å². The number of carbonyl (C=O) groups excluding carboxylic acids is 1. The van der Waals surface area contributed by atoms with Crippen LogP contribution in [-0.4, -0.2) is 65.0 Å². The number of rotatable bonds is 4. The minimum absolute atomic E-state index is 0.0601. The van der Waals surface area contributed by atoms with Gasteiger partial charge in [0.1, 0.15) is 17.3 Å². The van der Waals surface area contributed by atoms with Crippen molar-refractivity contribution < 1.29 is 13.6 Å².